The van der Waals surface area contributed by atoms with Crippen molar-refractivity contribution in [1.82, 2.24) is 9.38 Å². The van der Waals surface area contributed by atoms with E-state index in [0.717, 1.165) is 17.2 Å². The molecule has 1 amide bonds. The Morgan fingerprint density at radius 3 is 2.72 bits per heavy atom. The van der Waals surface area contributed by atoms with Crippen LogP contribution in [0.15, 0.2) is 53.0 Å². The SMILES string of the molecule is Cc1ccc(C(C)C)c(Oc2nc3ccccn3c(=O)c2C=C(C#N)C(N)=O)c1. The lowest BCUT2D eigenvalue weighted by atomic mass is 10.0. The van der Waals surface area contributed by atoms with Gasteiger partial charge in [-0.1, -0.05) is 32.0 Å². The van der Waals surface area contributed by atoms with Gasteiger partial charge in [-0.25, -0.2) is 0 Å². The Kier molecular flexibility index (Phi) is 5.46. The summed E-state index contributed by atoms with van der Waals surface area (Å²) in [7, 11) is 0. The standard InChI is InChI=1S/C22H20N4O3/c1-13(2)16-8-7-14(3)10-18(16)29-21-17(11-15(12-23)20(24)27)22(28)26-9-5-4-6-19(26)25-21/h4-11,13H,1-3H3,(H2,24,27). The van der Waals surface area contributed by atoms with Crippen molar-refractivity contribution in [2.24, 2.45) is 5.73 Å². The Balaban J connectivity index is 2.29. The number of aryl methyl sites for hydroxylation is 1. The van der Waals surface area contributed by atoms with Gasteiger partial charge in [0.25, 0.3) is 11.5 Å². The number of ether oxygens (including phenoxy) is 1. The Morgan fingerprint density at radius 2 is 2.07 bits per heavy atom. The lowest BCUT2D eigenvalue weighted by Crippen LogP contribution is -2.20. The van der Waals surface area contributed by atoms with Crippen molar-refractivity contribution in [1.29, 1.82) is 5.26 Å². The Labute approximate surface area is 167 Å². The molecule has 7 heteroatoms. The first-order chi connectivity index (χ1) is 13.8. The molecule has 29 heavy (non-hydrogen) atoms. The lowest BCUT2D eigenvalue weighted by Gasteiger charge is -2.15. The van der Waals surface area contributed by atoms with E-state index in [1.165, 1.54) is 4.40 Å². The number of nitriles is 1. The number of amides is 1. The molecule has 0 spiro atoms. The van der Waals surface area contributed by atoms with Gasteiger partial charge in [-0.05, 0) is 48.2 Å². The molecule has 0 aliphatic carbocycles. The third-order valence-electron chi connectivity index (χ3n) is 4.41. The number of hydrogen-bond donors (Lipinski definition) is 1. The summed E-state index contributed by atoms with van der Waals surface area (Å²) in [4.78, 5) is 29.0. The number of pyridine rings is 1. The predicted molar refractivity (Wildman–Crippen MR) is 110 cm³/mol. The Morgan fingerprint density at radius 1 is 1.31 bits per heavy atom. The third kappa shape index (κ3) is 4.01. The Hall–Kier alpha value is -3.92. The molecule has 3 aromatic rings. The molecule has 0 saturated carbocycles. The van der Waals surface area contributed by atoms with Crippen LogP contribution in [0.25, 0.3) is 11.7 Å². The van der Waals surface area contributed by atoms with Gasteiger partial charge in [-0.3, -0.25) is 14.0 Å². The topological polar surface area (TPSA) is 110 Å². The second-order valence-corrected chi connectivity index (χ2v) is 6.90. The lowest BCUT2D eigenvalue weighted by molar-refractivity contribution is -0.114. The van der Waals surface area contributed by atoms with Crippen LogP contribution in [-0.4, -0.2) is 15.3 Å². The van der Waals surface area contributed by atoms with Crippen LogP contribution in [0.3, 0.4) is 0 Å². The van der Waals surface area contributed by atoms with Crippen molar-refractivity contribution in [3.05, 3.63) is 75.2 Å². The summed E-state index contributed by atoms with van der Waals surface area (Å²) >= 11 is 0. The third-order valence-corrected chi connectivity index (χ3v) is 4.41. The highest BCUT2D eigenvalue weighted by atomic mass is 16.5. The first-order valence-electron chi connectivity index (χ1n) is 9.03. The molecule has 3 rings (SSSR count). The molecule has 0 aliphatic rings. The molecule has 7 nitrogen and oxygen atoms in total. The van der Waals surface area contributed by atoms with Crippen LogP contribution in [-0.2, 0) is 4.79 Å². The largest absolute Gasteiger partial charge is 0.438 e. The molecule has 0 bridgehead atoms. The first-order valence-corrected chi connectivity index (χ1v) is 9.03. The number of carbonyl (C=O) groups excluding carboxylic acids is 1. The summed E-state index contributed by atoms with van der Waals surface area (Å²) in [5.74, 6) is -0.206. The molecule has 0 saturated heterocycles. The van der Waals surface area contributed by atoms with E-state index in [-0.39, 0.29) is 22.9 Å². The predicted octanol–water partition coefficient (Wildman–Crippen LogP) is 3.31. The number of hydrogen-bond acceptors (Lipinski definition) is 5. The zero-order chi connectivity index (χ0) is 21.1. The number of benzene rings is 1. The van der Waals surface area contributed by atoms with Crippen LogP contribution in [0.4, 0.5) is 0 Å². The van der Waals surface area contributed by atoms with Crippen LogP contribution in [0, 0.1) is 18.3 Å². The zero-order valence-corrected chi connectivity index (χ0v) is 16.3. The quantitative estimate of drug-likeness (QED) is 0.532. The van der Waals surface area contributed by atoms with Crippen LogP contribution in [0.5, 0.6) is 11.6 Å². The molecule has 2 heterocycles. The molecule has 2 aromatic heterocycles. The summed E-state index contributed by atoms with van der Waals surface area (Å²) in [6, 6.07) is 12.6. The monoisotopic (exact) mass is 388 g/mol. The van der Waals surface area contributed by atoms with Gasteiger partial charge in [0.2, 0.25) is 5.88 Å². The zero-order valence-electron chi connectivity index (χ0n) is 16.3. The maximum Gasteiger partial charge on any atom is 0.269 e. The van der Waals surface area contributed by atoms with Gasteiger partial charge in [0.15, 0.2) is 0 Å². The van der Waals surface area contributed by atoms with Crippen molar-refractivity contribution in [2.45, 2.75) is 26.7 Å². The number of nitrogens with zero attached hydrogens (tertiary/aromatic N) is 3. The number of nitrogens with two attached hydrogens (primary N) is 1. The van der Waals surface area contributed by atoms with E-state index in [4.69, 9.17) is 10.5 Å². The van der Waals surface area contributed by atoms with Crippen LogP contribution in [0.2, 0.25) is 0 Å². The van der Waals surface area contributed by atoms with Crippen LogP contribution in [0.1, 0.15) is 36.5 Å². The van der Waals surface area contributed by atoms with Gasteiger partial charge in [0.05, 0.1) is 0 Å². The average molecular weight is 388 g/mol. The number of aromatic nitrogens is 2. The first kappa shape index (κ1) is 19.8. The van der Waals surface area contributed by atoms with E-state index in [9.17, 15) is 14.9 Å². The van der Waals surface area contributed by atoms with Gasteiger partial charge in [-0.2, -0.15) is 10.2 Å². The van der Waals surface area contributed by atoms with E-state index >= 15 is 0 Å². The maximum atomic E-state index is 13.0. The number of carbonyl (C=O) groups is 1. The van der Waals surface area contributed by atoms with Gasteiger partial charge in [0, 0.05) is 6.20 Å². The average Bonchev–Trinajstić information content (AvgIpc) is 2.67. The fraction of sp³-hybridized carbons (Fsp3) is 0.182. The normalized spacial score (nSPS) is 11.5. The summed E-state index contributed by atoms with van der Waals surface area (Å²) in [5.41, 5.74) is 6.68. The fourth-order valence-electron chi connectivity index (χ4n) is 2.90. The number of primary amides is 1. The van der Waals surface area contributed by atoms with Crippen molar-refractivity contribution >= 4 is 17.6 Å². The van der Waals surface area contributed by atoms with Gasteiger partial charge in [0.1, 0.15) is 28.6 Å². The smallest absolute Gasteiger partial charge is 0.269 e. The molecule has 0 atom stereocenters. The fourth-order valence-corrected chi connectivity index (χ4v) is 2.90. The minimum Gasteiger partial charge on any atom is -0.438 e. The highest BCUT2D eigenvalue weighted by molar-refractivity contribution is 6.00. The van der Waals surface area contributed by atoms with E-state index in [1.54, 1.807) is 30.5 Å². The molecule has 146 valence electrons. The summed E-state index contributed by atoms with van der Waals surface area (Å²) < 4.78 is 7.38. The van der Waals surface area contributed by atoms with Crippen molar-refractivity contribution in [3.8, 4) is 17.7 Å². The van der Waals surface area contributed by atoms with Crippen molar-refractivity contribution < 1.29 is 9.53 Å². The molecule has 0 unspecified atom stereocenters. The Bertz CT molecular complexity index is 1230. The van der Waals surface area contributed by atoms with E-state index in [0.29, 0.717) is 11.4 Å². The number of rotatable bonds is 5. The maximum absolute atomic E-state index is 13.0. The van der Waals surface area contributed by atoms with E-state index < -0.39 is 11.5 Å². The second-order valence-electron chi connectivity index (χ2n) is 6.90. The molecule has 0 aliphatic heterocycles. The molecule has 0 fully saturated rings. The van der Waals surface area contributed by atoms with Gasteiger partial charge in [-0.15, -0.1) is 0 Å². The molecular formula is C22H20N4O3. The highest BCUT2D eigenvalue weighted by Crippen LogP contribution is 2.32. The summed E-state index contributed by atoms with van der Waals surface area (Å²) in [5, 5.41) is 9.21. The minimum atomic E-state index is -0.936. The second kappa shape index (κ2) is 7.98. The molecule has 1 aromatic carbocycles. The van der Waals surface area contributed by atoms with Crippen molar-refractivity contribution in [3.63, 3.8) is 0 Å². The van der Waals surface area contributed by atoms with E-state index in [2.05, 4.69) is 4.98 Å². The van der Waals surface area contributed by atoms with Gasteiger partial charge >= 0.3 is 0 Å². The van der Waals surface area contributed by atoms with Crippen molar-refractivity contribution in [2.75, 3.05) is 0 Å². The van der Waals surface area contributed by atoms with Gasteiger partial charge < -0.3 is 10.5 Å². The number of fused-ring (bicyclic) bond motifs is 1. The van der Waals surface area contributed by atoms with E-state index in [1.807, 2.05) is 39.0 Å². The minimum absolute atomic E-state index is 0.00250. The summed E-state index contributed by atoms with van der Waals surface area (Å²) in [6.07, 6.45) is 2.67. The molecule has 2 N–H and O–H groups in total. The van der Waals surface area contributed by atoms with Crippen LogP contribution >= 0.6 is 0 Å². The highest BCUT2D eigenvalue weighted by Gasteiger charge is 2.18. The summed E-state index contributed by atoms with van der Waals surface area (Å²) in [6.45, 7) is 5.99. The molecular weight excluding hydrogens is 368 g/mol. The van der Waals surface area contributed by atoms with Crippen LogP contribution < -0.4 is 16.0 Å². The molecule has 0 radical (unpaired) electrons.